The molecule has 0 rings (SSSR count). The van der Waals surface area contributed by atoms with Gasteiger partial charge >= 0.3 is 0 Å². The lowest BCUT2D eigenvalue weighted by atomic mass is 10.0. The topological polar surface area (TPSA) is 190 Å². The lowest BCUT2D eigenvalue weighted by molar-refractivity contribution is -0.135. The summed E-state index contributed by atoms with van der Waals surface area (Å²) in [7, 11) is -9.66. The van der Waals surface area contributed by atoms with Crippen LogP contribution in [0.2, 0.25) is 0 Å². The quantitative estimate of drug-likeness (QED) is 0.262. The molecule has 0 unspecified atom stereocenters. The molecule has 0 spiro atoms. The maximum Gasteiger partial charge on any atom is 0.296 e. The molecule has 0 amide bonds. The van der Waals surface area contributed by atoms with Gasteiger partial charge in [-0.1, -0.05) is 0 Å². The summed E-state index contributed by atoms with van der Waals surface area (Å²) in [6.07, 6.45) is -9.08. The molecule has 122 valence electrons. The van der Waals surface area contributed by atoms with Crippen LogP contribution in [0.4, 0.5) is 0 Å². The van der Waals surface area contributed by atoms with Gasteiger partial charge in [0.05, 0.1) is 6.61 Å². The van der Waals surface area contributed by atoms with Gasteiger partial charge in [0.15, 0.2) is 19.7 Å². The van der Waals surface area contributed by atoms with Gasteiger partial charge in [0.1, 0.15) is 24.4 Å². The van der Waals surface area contributed by atoms with E-state index in [0.717, 1.165) is 0 Å². The molecule has 0 aliphatic heterocycles. The van der Waals surface area contributed by atoms with E-state index in [2.05, 4.69) is 0 Å². The second kappa shape index (κ2) is 6.19. The van der Waals surface area contributed by atoms with E-state index < -0.39 is 55.0 Å². The SMILES string of the molecule is CS(=O)(=O)C(O)([C@@H](O)[C@@H](O)[C@H](O)[C@H](O)CO)S(C)(=O)=O. The maximum absolute atomic E-state index is 11.4. The second-order valence-electron chi connectivity index (χ2n) is 4.35. The van der Waals surface area contributed by atoms with Crippen LogP contribution in [-0.2, 0) is 19.7 Å². The van der Waals surface area contributed by atoms with Crippen LogP contribution in [-0.4, -0.2) is 95.3 Å². The van der Waals surface area contributed by atoms with Crippen molar-refractivity contribution in [3.05, 3.63) is 0 Å². The zero-order chi connectivity index (χ0) is 16.5. The normalized spacial score (nSPS) is 20.2. The smallest absolute Gasteiger partial charge is 0.296 e. The van der Waals surface area contributed by atoms with Gasteiger partial charge in [0, 0.05) is 12.5 Å². The van der Waals surface area contributed by atoms with Crippen molar-refractivity contribution in [2.24, 2.45) is 0 Å². The van der Waals surface area contributed by atoms with Gasteiger partial charge in [-0.2, -0.15) is 0 Å². The van der Waals surface area contributed by atoms with Crippen molar-refractivity contribution in [2.75, 3.05) is 19.1 Å². The predicted molar refractivity (Wildman–Crippen MR) is 65.8 cm³/mol. The number of hydrogen-bond donors (Lipinski definition) is 6. The highest BCUT2D eigenvalue weighted by atomic mass is 32.3. The summed E-state index contributed by atoms with van der Waals surface area (Å²) in [5.41, 5.74) is 0. The van der Waals surface area contributed by atoms with E-state index in [1.54, 1.807) is 0 Å². The average molecular weight is 338 g/mol. The molecule has 0 aliphatic rings. The Morgan fingerprint density at radius 2 is 1.25 bits per heavy atom. The molecule has 0 aromatic heterocycles. The Kier molecular flexibility index (Phi) is 6.09. The zero-order valence-corrected chi connectivity index (χ0v) is 12.3. The lowest BCUT2D eigenvalue weighted by Crippen LogP contribution is -2.62. The van der Waals surface area contributed by atoms with E-state index in [4.69, 9.17) is 10.2 Å². The summed E-state index contributed by atoms with van der Waals surface area (Å²) < 4.78 is 41.9. The number of rotatable bonds is 7. The number of aliphatic hydroxyl groups is 6. The van der Waals surface area contributed by atoms with Crippen LogP contribution >= 0.6 is 0 Å². The molecule has 0 aromatic carbocycles. The minimum atomic E-state index is -4.83. The molecule has 0 radical (unpaired) electrons. The fourth-order valence-corrected chi connectivity index (χ4v) is 4.81. The predicted octanol–water partition coefficient (Wildman–Crippen LogP) is -4.84. The van der Waals surface area contributed by atoms with Crippen LogP contribution in [0.15, 0.2) is 0 Å². The summed E-state index contributed by atoms with van der Waals surface area (Å²) >= 11 is 0. The first kappa shape index (κ1) is 19.7. The van der Waals surface area contributed by atoms with Gasteiger partial charge in [-0.3, -0.25) is 0 Å². The fourth-order valence-electron chi connectivity index (χ4n) is 1.45. The van der Waals surface area contributed by atoms with E-state index >= 15 is 0 Å². The molecule has 10 nitrogen and oxygen atoms in total. The van der Waals surface area contributed by atoms with Crippen LogP contribution in [0.3, 0.4) is 0 Å². The third-order valence-corrected chi connectivity index (χ3v) is 7.12. The molecule has 0 bridgehead atoms. The summed E-state index contributed by atoms with van der Waals surface area (Å²) in [5, 5.41) is 55.8. The Hall–Kier alpha value is -0.340. The molecule has 0 heterocycles. The molecule has 0 saturated carbocycles. The number of sulfone groups is 2. The third kappa shape index (κ3) is 3.46. The number of hydrogen-bond acceptors (Lipinski definition) is 10. The van der Waals surface area contributed by atoms with Gasteiger partial charge in [0.25, 0.3) is 4.27 Å². The van der Waals surface area contributed by atoms with Crippen molar-refractivity contribution in [1.82, 2.24) is 0 Å². The van der Waals surface area contributed by atoms with Crippen molar-refractivity contribution in [3.8, 4) is 0 Å². The highest BCUT2D eigenvalue weighted by Crippen LogP contribution is 2.28. The Balaban J connectivity index is 5.79. The van der Waals surface area contributed by atoms with Gasteiger partial charge in [-0.05, 0) is 0 Å². The van der Waals surface area contributed by atoms with Crippen molar-refractivity contribution in [2.45, 2.75) is 28.7 Å². The summed E-state index contributed by atoms with van der Waals surface area (Å²) in [6.45, 7) is -1.05. The van der Waals surface area contributed by atoms with Crippen LogP contribution in [0, 0.1) is 0 Å². The average Bonchev–Trinajstić information content (AvgIpc) is 2.31. The van der Waals surface area contributed by atoms with E-state index in [1.807, 2.05) is 0 Å². The molecule has 0 fully saturated rings. The zero-order valence-electron chi connectivity index (χ0n) is 10.6. The van der Waals surface area contributed by atoms with Crippen molar-refractivity contribution in [3.63, 3.8) is 0 Å². The molecule has 0 aliphatic carbocycles. The molecule has 20 heavy (non-hydrogen) atoms. The van der Waals surface area contributed by atoms with Crippen LogP contribution < -0.4 is 0 Å². The molecule has 0 saturated heterocycles. The molecular formula is C8H18O10S2. The Labute approximate surface area is 115 Å². The summed E-state index contributed by atoms with van der Waals surface area (Å²) in [6, 6.07) is 0. The van der Waals surface area contributed by atoms with E-state index in [-0.39, 0.29) is 0 Å². The van der Waals surface area contributed by atoms with Crippen molar-refractivity contribution < 1.29 is 47.5 Å². The highest BCUT2D eigenvalue weighted by Gasteiger charge is 2.58. The van der Waals surface area contributed by atoms with Crippen molar-refractivity contribution in [1.29, 1.82) is 0 Å². The molecule has 12 heteroatoms. The van der Waals surface area contributed by atoms with Crippen LogP contribution in [0.5, 0.6) is 0 Å². The van der Waals surface area contributed by atoms with Gasteiger partial charge in [-0.15, -0.1) is 0 Å². The van der Waals surface area contributed by atoms with Crippen molar-refractivity contribution >= 4 is 19.7 Å². The molecule has 4 atom stereocenters. The summed E-state index contributed by atoms with van der Waals surface area (Å²) in [4.78, 5) is 0. The first-order chi connectivity index (χ1) is 8.71. The number of aliphatic hydroxyl groups excluding tert-OH is 5. The Morgan fingerprint density at radius 3 is 1.50 bits per heavy atom. The minimum absolute atomic E-state index is 0.304. The van der Waals surface area contributed by atoms with Gasteiger partial charge in [-0.25, -0.2) is 16.8 Å². The molecule has 0 aromatic rings. The monoisotopic (exact) mass is 338 g/mol. The Bertz CT molecular complexity index is 491. The van der Waals surface area contributed by atoms with E-state index in [9.17, 15) is 37.3 Å². The van der Waals surface area contributed by atoms with E-state index in [1.165, 1.54) is 0 Å². The highest BCUT2D eigenvalue weighted by molar-refractivity contribution is 8.09. The first-order valence-electron chi connectivity index (χ1n) is 5.16. The fraction of sp³-hybridized carbons (Fsp3) is 1.00. The third-order valence-electron chi connectivity index (χ3n) is 2.69. The minimum Gasteiger partial charge on any atom is -0.394 e. The van der Waals surface area contributed by atoms with Gasteiger partial charge in [0.2, 0.25) is 0 Å². The van der Waals surface area contributed by atoms with E-state index in [0.29, 0.717) is 12.5 Å². The first-order valence-corrected chi connectivity index (χ1v) is 8.94. The van der Waals surface area contributed by atoms with Crippen LogP contribution in [0.1, 0.15) is 0 Å². The summed E-state index contributed by atoms with van der Waals surface area (Å²) in [5.74, 6) is 0. The molecule has 6 N–H and O–H groups in total. The second-order valence-corrected chi connectivity index (χ2v) is 8.94. The standard InChI is InChI=1S/C8H18O10S2/c1-19(15,16)8(14,20(2,17)18)7(13)6(12)5(11)4(10)3-9/h4-7,9-14H,3H2,1-2H3/t4-,5-,6+,7+/m1/s1. The lowest BCUT2D eigenvalue weighted by Gasteiger charge is -2.34. The molecular weight excluding hydrogens is 320 g/mol. The Morgan fingerprint density at radius 1 is 0.900 bits per heavy atom. The maximum atomic E-state index is 11.4. The van der Waals surface area contributed by atoms with Gasteiger partial charge < -0.3 is 30.6 Å². The van der Waals surface area contributed by atoms with Crippen LogP contribution in [0.25, 0.3) is 0 Å². The largest absolute Gasteiger partial charge is 0.394 e.